The Kier molecular flexibility index (Phi) is 5.25. The van der Waals surface area contributed by atoms with Crippen molar-refractivity contribution in [1.29, 1.82) is 0 Å². The zero-order valence-electron chi connectivity index (χ0n) is 8.58. The van der Waals surface area contributed by atoms with Crippen LogP contribution in [0.4, 0.5) is 13.2 Å². The third-order valence-electron chi connectivity index (χ3n) is 2.15. The van der Waals surface area contributed by atoms with Gasteiger partial charge >= 0.3 is 0 Å². The molecule has 0 saturated heterocycles. The molecule has 0 fully saturated rings. The van der Waals surface area contributed by atoms with Crippen LogP contribution in [-0.2, 0) is 0 Å². The SMILES string of the molecule is Cc1ccc(F)c([C@@H](N)C(F)(F)CO)c1.Cl. The van der Waals surface area contributed by atoms with E-state index in [1.54, 1.807) is 6.92 Å². The van der Waals surface area contributed by atoms with E-state index < -0.39 is 24.4 Å². The topological polar surface area (TPSA) is 46.2 Å². The smallest absolute Gasteiger partial charge is 0.289 e. The molecule has 0 radical (unpaired) electrons. The van der Waals surface area contributed by atoms with Crippen LogP contribution in [0.5, 0.6) is 0 Å². The molecule has 0 bridgehead atoms. The fourth-order valence-corrected chi connectivity index (χ4v) is 1.23. The fraction of sp³-hybridized carbons (Fsp3) is 0.400. The lowest BCUT2D eigenvalue weighted by Gasteiger charge is -2.22. The van der Waals surface area contributed by atoms with Crippen LogP contribution in [0, 0.1) is 12.7 Å². The second kappa shape index (κ2) is 5.52. The van der Waals surface area contributed by atoms with Gasteiger partial charge in [0.1, 0.15) is 12.4 Å². The first kappa shape index (κ1) is 15.2. The number of alkyl halides is 2. The number of benzene rings is 1. The minimum atomic E-state index is -3.52. The maximum Gasteiger partial charge on any atom is 0.289 e. The van der Waals surface area contributed by atoms with Crippen LogP contribution in [0.25, 0.3) is 0 Å². The van der Waals surface area contributed by atoms with Crippen molar-refractivity contribution in [3.63, 3.8) is 0 Å². The Morgan fingerprint density at radius 2 is 2.00 bits per heavy atom. The first-order chi connectivity index (χ1) is 6.88. The van der Waals surface area contributed by atoms with Crippen molar-refractivity contribution in [2.24, 2.45) is 5.73 Å². The molecule has 1 aromatic rings. The van der Waals surface area contributed by atoms with E-state index >= 15 is 0 Å². The third-order valence-corrected chi connectivity index (χ3v) is 2.15. The molecule has 92 valence electrons. The van der Waals surface area contributed by atoms with E-state index in [1.165, 1.54) is 12.1 Å². The molecule has 0 heterocycles. The molecule has 1 rings (SSSR count). The van der Waals surface area contributed by atoms with Gasteiger partial charge in [-0.05, 0) is 13.0 Å². The van der Waals surface area contributed by atoms with E-state index in [2.05, 4.69) is 0 Å². The summed E-state index contributed by atoms with van der Waals surface area (Å²) in [7, 11) is 0. The highest BCUT2D eigenvalue weighted by Crippen LogP contribution is 2.30. The van der Waals surface area contributed by atoms with Crippen LogP contribution in [-0.4, -0.2) is 17.6 Å². The van der Waals surface area contributed by atoms with Crippen LogP contribution in [0.1, 0.15) is 17.2 Å². The van der Waals surface area contributed by atoms with Gasteiger partial charge in [-0.3, -0.25) is 0 Å². The van der Waals surface area contributed by atoms with Crippen LogP contribution in [0.3, 0.4) is 0 Å². The van der Waals surface area contributed by atoms with Gasteiger partial charge in [0.05, 0.1) is 6.04 Å². The van der Waals surface area contributed by atoms with Gasteiger partial charge < -0.3 is 10.8 Å². The summed E-state index contributed by atoms with van der Waals surface area (Å²) in [5.41, 5.74) is 5.55. The zero-order valence-corrected chi connectivity index (χ0v) is 9.40. The lowest BCUT2D eigenvalue weighted by atomic mass is 9.99. The summed E-state index contributed by atoms with van der Waals surface area (Å²) in [6.07, 6.45) is 0. The van der Waals surface area contributed by atoms with E-state index in [9.17, 15) is 13.2 Å². The van der Waals surface area contributed by atoms with Crippen LogP contribution in [0.2, 0.25) is 0 Å². The Morgan fingerprint density at radius 3 is 2.50 bits per heavy atom. The molecule has 0 aliphatic rings. The predicted octanol–water partition coefficient (Wildman–Crippen LogP) is 2.18. The third kappa shape index (κ3) is 3.10. The van der Waals surface area contributed by atoms with Gasteiger partial charge in [0.2, 0.25) is 0 Å². The fourth-order valence-electron chi connectivity index (χ4n) is 1.23. The average molecular weight is 256 g/mol. The van der Waals surface area contributed by atoms with Gasteiger partial charge in [-0.1, -0.05) is 17.7 Å². The number of halogens is 4. The van der Waals surface area contributed by atoms with Crippen molar-refractivity contribution in [3.05, 3.63) is 35.1 Å². The number of hydrogen-bond donors (Lipinski definition) is 2. The van der Waals surface area contributed by atoms with Gasteiger partial charge in [0.15, 0.2) is 0 Å². The minimum Gasteiger partial charge on any atom is -0.390 e. The average Bonchev–Trinajstić information content (AvgIpc) is 2.20. The predicted molar refractivity (Wildman–Crippen MR) is 57.3 cm³/mol. The summed E-state index contributed by atoms with van der Waals surface area (Å²) in [4.78, 5) is 0. The summed E-state index contributed by atoms with van der Waals surface area (Å²) in [5, 5.41) is 8.43. The molecule has 0 unspecified atom stereocenters. The number of rotatable bonds is 3. The molecular formula is C10H13ClF3NO. The molecule has 1 aromatic carbocycles. The highest BCUT2D eigenvalue weighted by atomic mass is 35.5. The van der Waals surface area contributed by atoms with E-state index in [0.29, 0.717) is 5.56 Å². The standard InChI is InChI=1S/C10H12F3NO.ClH/c1-6-2-3-8(11)7(4-6)9(14)10(12,13)5-15;/h2-4,9,15H,5,14H2,1H3;1H/t9-;/m1./s1. The number of nitrogens with two attached hydrogens (primary N) is 1. The van der Waals surface area contributed by atoms with Gasteiger partial charge in [-0.25, -0.2) is 13.2 Å². The molecule has 2 nitrogen and oxygen atoms in total. The van der Waals surface area contributed by atoms with Gasteiger partial charge in [0, 0.05) is 5.56 Å². The molecule has 0 aromatic heterocycles. The first-order valence-corrected chi connectivity index (χ1v) is 4.39. The molecule has 0 amide bonds. The van der Waals surface area contributed by atoms with Crippen molar-refractivity contribution in [1.82, 2.24) is 0 Å². The van der Waals surface area contributed by atoms with E-state index in [0.717, 1.165) is 6.07 Å². The van der Waals surface area contributed by atoms with Gasteiger partial charge in [0.25, 0.3) is 5.92 Å². The molecule has 16 heavy (non-hydrogen) atoms. The Hall–Kier alpha value is -0.780. The van der Waals surface area contributed by atoms with Gasteiger partial charge in [-0.2, -0.15) is 0 Å². The summed E-state index contributed by atoms with van der Waals surface area (Å²) in [5.74, 6) is -4.31. The first-order valence-electron chi connectivity index (χ1n) is 4.39. The van der Waals surface area contributed by atoms with E-state index in [4.69, 9.17) is 10.8 Å². The molecule has 0 saturated carbocycles. The Morgan fingerprint density at radius 1 is 1.44 bits per heavy atom. The molecule has 1 atom stereocenters. The zero-order chi connectivity index (χ0) is 11.6. The molecule has 6 heteroatoms. The van der Waals surface area contributed by atoms with Crippen molar-refractivity contribution in [2.75, 3.05) is 6.61 Å². The normalized spacial score (nSPS) is 13.1. The largest absolute Gasteiger partial charge is 0.390 e. The van der Waals surface area contributed by atoms with Crippen molar-refractivity contribution >= 4 is 12.4 Å². The maximum absolute atomic E-state index is 13.2. The van der Waals surface area contributed by atoms with Crippen molar-refractivity contribution in [2.45, 2.75) is 18.9 Å². The monoisotopic (exact) mass is 255 g/mol. The van der Waals surface area contributed by atoms with Crippen molar-refractivity contribution < 1.29 is 18.3 Å². The summed E-state index contributed by atoms with van der Waals surface area (Å²) in [6.45, 7) is 0.244. The summed E-state index contributed by atoms with van der Waals surface area (Å²) < 4.78 is 39.2. The van der Waals surface area contributed by atoms with E-state index in [1.807, 2.05) is 0 Å². The second-order valence-corrected chi connectivity index (χ2v) is 3.42. The summed E-state index contributed by atoms with van der Waals surface area (Å²) >= 11 is 0. The Balaban J connectivity index is 0.00000225. The quantitative estimate of drug-likeness (QED) is 0.870. The molecule has 0 aliphatic heterocycles. The van der Waals surface area contributed by atoms with Crippen LogP contribution < -0.4 is 5.73 Å². The van der Waals surface area contributed by atoms with Crippen molar-refractivity contribution in [3.8, 4) is 0 Å². The lowest BCUT2D eigenvalue weighted by Crippen LogP contribution is -2.36. The van der Waals surface area contributed by atoms with E-state index in [-0.39, 0.29) is 18.0 Å². The van der Waals surface area contributed by atoms with Crippen LogP contribution >= 0.6 is 12.4 Å². The summed E-state index contributed by atoms with van der Waals surface area (Å²) in [6, 6.07) is 1.96. The van der Waals surface area contributed by atoms with Crippen LogP contribution in [0.15, 0.2) is 18.2 Å². The minimum absolute atomic E-state index is 0. The Bertz CT molecular complexity index is 360. The number of aliphatic hydroxyl groups is 1. The molecule has 3 N–H and O–H groups in total. The highest BCUT2D eigenvalue weighted by molar-refractivity contribution is 5.85. The highest BCUT2D eigenvalue weighted by Gasteiger charge is 2.38. The Labute approximate surface area is 97.7 Å². The molecule has 0 spiro atoms. The number of aliphatic hydroxyl groups excluding tert-OH is 1. The second-order valence-electron chi connectivity index (χ2n) is 3.42. The molecule has 0 aliphatic carbocycles. The van der Waals surface area contributed by atoms with Gasteiger partial charge in [-0.15, -0.1) is 12.4 Å². The maximum atomic E-state index is 13.2. The number of hydrogen-bond acceptors (Lipinski definition) is 2. The lowest BCUT2D eigenvalue weighted by molar-refractivity contribution is -0.0718. The molecular weight excluding hydrogens is 243 g/mol. The number of aryl methyl sites for hydroxylation is 1.